The van der Waals surface area contributed by atoms with E-state index < -0.39 is 11.7 Å². The lowest BCUT2D eigenvalue weighted by Gasteiger charge is -2.34. The van der Waals surface area contributed by atoms with Crippen LogP contribution in [0.3, 0.4) is 0 Å². The highest BCUT2D eigenvalue weighted by Crippen LogP contribution is 2.35. The highest BCUT2D eigenvalue weighted by Gasteiger charge is 2.34. The molecule has 2 aliphatic heterocycles. The van der Waals surface area contributed by atoms with Crippen molar-refractivity contribution in [2.45, 2.75) is 46.0 Å². The normalized spacial score (nSPS) is 16.4. The van der Waals surface area contributed by atoms with E-state index in [0.717, 1.165) is 60.4 Å². The third-order valence-corrected chi connectivity index (χ3v) is 8.64. The van der Waals surface area contributed by atoms with Gasteiger partial charge in [-0.05, 0) is 72.0 Å². The highest BCUT2D eigenvalue weighted by atomic mass is 19.4. The summed E-state index contributed by atoms with van der Waals surface area (Å²) in [7, 11) is 0. The summed E-state index contributed by atoms with van der Waals surface area (Å²) >= 11 is 0. The number of ether oxygens (including phenoxy) is 1. The van der Waals surface area contributed by atoms with Gasteiger partial charge in [-0.25, -0.2) is 4.98 Å². The van der Waals surface area contributed by atoms with E-state index in [1.54, 1.807) is 23.2 Å². The van der Waals surface area contributed by atoms with Crippen molar-refractivity contribution in [1.82, 2.24) is 24.7 Å². The molecule has 2 aromatic heterocycles. The number of aryl methyl sites for hydroxylation is 1. The molecule has 1 N–H and O–H groups in total. The van der Waals surface area contributed by atoms with Gasteiger partial charge in [-0.3, -0.25) is 9.69 Å². The van der Waals surface area contributed by atoms with Crippen molar-refractivity contribution in [1.29, 1.82) is 0 Å². The fourth-order valence-corrected chi connectivity index (χ4v) is 6.10. The molecule has 1 saturated heterocycles. The van der Waals surface area contributed by atoms with Crippen molar-refractivity contribution in [2.24, 2.45) is 0 Å². The number of amides is 1. The first-order valence-electron chi connectivity index (χ1n) is 14.8. The molecule has 1 fully saturated rings. The molecule has 0 radical (unpaired) electrons. The number of aromatic amines is 1. The van der Waals surface area contributed by atoms with Crippen LogP contribution in [0, 0.1) is 6.92 Å². The average Bonchev–Trinajstić information content (AvgIpc) is 3.48. The second kappa shape index (κ2) is 12.0. The lowest BCUT2D eigenvalue weighted by molar-refractivity contribution is -0.138. The van der Waals surface area contributed by atoms with Gasteiger partial charge in [-0.1, -0.05) is 25.1 Å². The molecule has 2 aliphatic rings. The Labute approximate surface area is 249 Å². The molecule has 2 aromatic carbocycles. The van der Waals surface area contributed by atoms with E-state index in [2.05, 4.69) is 32.8 Å². The van der Waals surface area contributed by atoms with Crippen LogP contribution >= 0.6 is 0 Å². The number of carbonyl (C=O) groups excluding carboxylic acids is 1. The zero-order chi connectivity index (χ0) is 30.1. The van der Waals surface area contributed by atoms with E-state index in [-0.39, 0.29) is 24.4 Å². The van der Waals surface area contributed by atoms with Crippen LogP contribution in [0.15, 0.2) is 54.9 Å². The van der Waals surface area contributed by atoms with Crippen molar-refractivity contribution in [3.05, 3.63) is 88.2 Å². The number of H-pyrrole nitrogens is 1. The predicted octanol–water partition coefficient (Wildman–Crippen LogP) is 5.95. The van der Waals surface area contributed by atoms with E-state index in [1.165, 1.54) is 6.07 Å². The zero-order valence-corrected chi connectivity index (χ0v) is 24.5. The van der Waals surface area contributed by atoms with E-state index in [0.29, 0.717) is 36.6 Å². The molecule has 4 heterocycles. The minimum atomic E-state index is -4.49. The fraction of sp³-hybridized carbons (Fsp3) is 0.394. The minimum absolute atomic E-state index is 0.0778. The number of fused-ring (bicyclic) bond motifs is 2. The van der Waals surface area contributed by atoms with Crippen molar-refractivity contribution < 1.29 is 22.7 Å². The number of benzene rings is 2. The molecule has 0 aliphatic carbocycles. The van der Waals surface area contributed by atoms with Crippen LogP contribution in [0.4, 0.5) is 13.2 Å². The van der Waals surface area contributed by atoms with Gasteiger partial charge in [0, 0.05) is 58.2 Å². The Hall–Kier alpha value is -3.89. The van der Waals surface area contributed by atoms with Gasteiger partial charge >= 0.3 is 6.18 Å². The molecule has 0 saturated carbocycles. The number of halogens is 3. The maximum Gasteiger partial charge on any atom is 0.416 e. The van der Waals surface area contributed by atoms with Gasteiger partial charge in [0.05, 0.1) is 17.4 Å². The molecule has 0 unspecified atom stereocenters. The molecule has 0 atom stereocenters. The van der Waals surface area contributed by atoms with Gasteiger partial charge in [0.1, 0.15) is 17.1 Å². The first kappa shape index (κ1) is 29.2. The number of carbonyl (C=O) groups is 1. The summed E-state index contributed by atoms with van der Waals surface area (Å²) < 4.78 is 48.6. The Balaban J connectivity index is 1.15. The quantitative estimate of drug-likeness (QED) is 0.288. The molecule has 1 amide bonds. The molecule has 43 heavy (non-hydrogen) atoms. The second-order valence-corrected chi connectivity index (χ2v) is 11.5. The largest absolute Gasteiger partial charge is 0.456 e. The van der Waals surface area contributed by atoms with Crippen molar-refractivity contribution in [2.75, 3.05) is 39.3 Å². The van der Waals surface area contributed by atoms with Gasteiger partial charge in [0.25, 0.3) is 0 Å². The topological polar surface area (TPSA) is 64.7 Å². The Morgan fingerprint density at radius 1 is 0.977 bits per heavy atom. The fourth-order valence-electron chi connectivity index (χ4n) is 6.10. The van der Waals surface area contributed by atoms with Crippen LogP contribution in [0.25, 0.3) is 11.0 Å². The van der Waals surface area contributed by atoms with Crippen LogP contribution in [0.1, 0.15) is 40.3 Å². The van der Waals surface area contributed by atoms with Gasteiger partial charge in [0.15, 0.2) is 0 Å². The molecule has 6 rings (SSSR count). The lowest BCUT2D eigenvalue weighted by atomic mass is 9.96. The molecule has 0 bridgehead atoms. The van der Waals surface area contributed by atoms with Crippen LogP contribution in [0.5, 0.6) is 11.5 Å². The number of alkyl halides is 3. The van der Waals surface area contributed by atoms with Crippen LogP contribution in [-0.4, -0.2) is 69.8 Å². The molecule has 10 heteroatoms. The molecule has 4 aromatic rings. The Morgan fingerprint density at radius 2 is 1.77 bits per heavy atom. The van der Waals surface area contributed by atoms with E-state index in [1.807, 2.05) is 31.3 Å². The van der Waals surface area contributed by atoms with E-state index >= 15 is 0 Å². The summed E-state index contributed by atoms with van der Waals surface area (Å²) in [5, 5.41) is 0.875. The maximum atomic E-state index is 14.1. The SMILES string of the molecule is CCN1CCN(Cc2ccc(CC(=O)N3CCc4cc(C)c(Oc5ccnc6[nH]ccc56)cc4C3)cc2C(F)(F)F)CC1. The van der Waals surface area contributed by atoms with Crippen molar-refractivity contribution in [3.63, 3.8) is 0 Å². The Kier molecular flexibility index (Phi) is 8.15. The number of hydrogen-bond donors (Lipinski definition) is 1. The Bertz CT molecular complexity index is 1620. The molecular weight excluding hydrogens is 555 g/mol. The number of piperazine rings is 1. The number of hydrogen-bond acceptors (Lipinski definition) is 5. The first-order chi connectivity index (χ1) is 20.7. The number of nitrogens with one attached hydrogen (secondary N) is 1. The van der Waals surface area contributed by atoms with Gasteiger partial charge in [-0.2, -0.15) is 13.2 Å². The molecular formula is C33H36F3N5O2. The first-order valence-corrected chi connectivity index (χ1v) is 14.8. The third-order valence-electron chi connectivity index (χ3n) is 8.64. The number of pyridine rings is 1. The van der Waals surface area contributed by atoms with Crippen LogP contribution in [-0.2, 0) is 36.9 Å². The second-order valence-electron chi connectivity index (χ2n) is 11.5. The maximum absolute atomic E-state index is 14.1. The summed E-state index contributed by atoms with van der Waals surface area (Å²) in [6.07, 6.45) is -0.387. The van der Waals surface area contributed by atoms with Crippen LogP contribution in [0.2, 0.25) is 0 Å². The van der Waals surface area contributed by atoms with E-state index in [9.17, 15) is 18.0 Å². The molecule has 0 spiro atoms. The monoisotopic (exact) mass is 591 g/mol. The lowest BCUT2D eigenvalue weighted by Crippen LogP contribution is -2.45. The summed E-state index contributed by atoms with van der Waals surface area (Å²) in [4.78, 5) is 26.8. The summed E-state index contributed by atoms with van der Waals surface area (Å²) in [6, 6.07) is 12.2. The Morgan fingerprint density at radius 3 is 2.53 bits per heavy atom. The summed E-state index contributed by atoms with van der Waals surface area (Å²) in [6.45, 7) is 9.40. The third kappa shape index (κ3) is 6.40. The summed E-state index contributed by atoms with van der Waals surface area (Å²) in [5.41, 5.74) is 3.85. The zero-order valence-electron chi connectivity index (χ0n) is 24.5. The van der Waals surface area contributed by atoms with Crippen molar-refractivity contribution >= 4 is 16.9 Å². The highest BCUT2D eigenvalue weighted by molar-refractivity contribution is 5.82. The molecule has 226 valence electrons. The minimum Gasteiger partial charge on any atom is -0.456 e. The predicted molar refractivity (Wildman–Crippen MR) is 159 cm³/mol. The number of rotatable bonds is 7. The van der Waals surface area contributed by atoms with Gasteiger partial charge < -0.3 is 19.5 Å². The van der Waals surface area contributed by atoms with Gasteiger partial charge in [-0.15, -0.1) is 0 Å². The van der Waals surface area contributed by atoms with Crippen LogP contribution < -0.4 is 4.74 Å². The number of nitrogens with zero attached hydrogens (tertiary/aromatic N) is 4. The number of aromatic nitrogens is 2. The average molecular weight is 592 g/mol. The summed E-state index contributed by atoms with van der Waals surface area (Å²) in [5.74, 6) is 1.20. The number of likely N-dealkylation sites (N-methyl/N-ethyl adjacent to an activating group) is 1. The van der Waals surface area contributed by atoms with Crippen molar-refractivity contribution in [3.8, 4) is 11.5 Å². The molecule has 7 nitrogen and oxygen atoms in total. The standard InChI is InChI=1S/C33H36F3N5O2/c1-3-39-12-14-40(15-13-39)20-25-5-4-23(17-28(25)33(34,35)36)18-31(42)41-11-8-24-16-22(2)30(19-26(24)21-41)43-29-7-10-38-32-27(29)6-9-37-32/h4-7,9-10,16-17,19H,3,8,11-15,18,20-21H2,1-2H3,(H,37,38). The van der Waals surface area contributed by atoms with E-state index in [4.69, 9.17) is 4.74 Å². The van der Waals surface area contributed by atoms with Gasteiger partial charge in [0.2, 0.25) is 5.91 Å². The smallest absolute Gasteiger partial charge is 0.416 e.